The molecule has 0 spiro atoms. The van der Waals surface area contributed by atoms with E-state index in [0.717, 1.165) is 11.3 Å². The normalized spacial score (nSPS) is 10.8. The molecule has 0 unspecified atom stereocenters. The molecule has 0 aliphatic carbocycles. The standard InChI is InChI=1S/C28H22N2O6S/c1-3-35-28(34)26-17(2)23(15-30)25(37-26)13-24(31)21(14-29)11-18-7-9-22(10-8-18)36-16-19-5-4-6-20(12-19)27(32)33/h4-12H,3,13,16H2,1-2H3,(H,32,33)/b21-11+. The lowest BCUT2D eigenvalue weighted by atomic mass is 10.0. The Morgan fingerprint density at radius 3 is 2.46 bits per heavy atom. The zero-order valence-electron chi connectivity index (χ0n) is 20.1. The SMILES string of the molecule is CCOC(=O)c1sc(CC(=O)/C(C#N)=C/c2ccc(OCc3cccc(C(=O)O)c3)cc2)c(C#N)c1C. The summed E-state index contributed by atoms with van der Waals surface area (Å²) in [7, 11) is 0. The summed E-state index contributed by atoms with van der Waals surface area (Å²) >= 11 is 1.03. The number of carboxylic acids is 1. The molecule has 0 fully saturated rings. The van der Waals surface area contributed by atoms with Crippen LogP contribution in [0.5, 0.6) is 5.75 Å². The molecular formula is C28H22N2O6S. The van der Waals surface area contributed by atoms with Crippen LogP contribution in [0.4, 0.5) is 0 Å². The number of aromatic carboxylic acids is 1. The molecule has 0 radical (unpaired) electrons. The lowest BCUT2D eigenvalue weighted by Crippen LogP contribution is -2.05. The van der Waals surface area contributed by atoms with E-state index in [9.17, 15) is 24.9 Å². The Balaban J connectivity index is 1.71. The molecule has 0 bridgehead atoms. The minimum absolute atomic E-state index is 0.0909. The van der Waals surface area contributed by atoms with Gasteiger partial charge in [-0.05, 0) is 60.9 Å². The van der Waals surface area contributed by atoms with Crippen molar-refractivity contribution in [3.05, 3.63) is 91.7 Å². The second kappa shape index (κ2) is 12.3. The van der Waals surface area contributed by atoms with Crippen LogP contribution >= 0.6 is 11.3 Å². The maximum absolute atomic E-state index is 12.9. The molecule has 1 heterocycles. The van der Waals surface area contributed by atoms with E-state index < -0.39 is 17.7 Å². The number of hydrogen-bond donors (Lipinski definition) is 1. The number of Topliss-reactive ketones (excluding diaryl/α,β-unsaturated/α-hetero) is 1. The van der Waals surface area contributed by atoms with Crippen molar-refractivity contribution in [2.75, 3.05) is 6.61 Å². The molecule has 0 aliphatic rings. The highest BCUT2D eigenvalue weighted by Crippen LogP contribution is 2.29. The van der Waals surface area contributed by atoms with Crippen LogP contribution < -0.4 is 4.74 Å². The third-order valence-electron chi connectivity index (χ3n) is 5.30. The van der Waals surface area contributed by atoms with E-state index in [-0.39, 0.29) is 41.2 Å². The first-order valence-corrected chi connectivity index (χ1v) is 12.0. The number of hydrogen-bond acceptors (Lipinski definition) is 8. The van der Waals surface area contributed by atoms with Crippen molar-refractivity contribution in [2.45, 2.75) is 26.9 Å². The highest BCUT2D eigenvalue weighted by molar-refractivity contribution is 7.14. The molecule has 37 heavy (non-hydrogen) atoms. The summed E-state index contributed by atoms with van der Waals surface area (Å²) in [6.45, 7) is 3.67. The van der Waals surface area contributed by atoms with Gasteiger partial charge in [0.2, 0.25) is 0 Å². The number of benzene rings is 2. The molecule has 1 aromatic heterocycles. The van der Waals surface area contributed by atoms with Crippen LogP contribution in [-0.2, 0) is 22.6 Å². The van der Waals surface area contributed by atoms with Gasteiger partial charge in [0, 0.05) is 11.3 Å². The molecule has 3 rings (SSSR count). The van der Waals surface area contributed by atoms with Gasteiger partial charge in [-0.1, -0.05) is 24.3 Å². The molecule has 0 amide bonds. The smallest absolute Gasteiger partial charge is 0.348 e. The fraction of sp³-hybridized carbons (Fsp3) is 0.179. The third-order valence-corrected chi connectivity index (χ3v) is 6.58. The molecule has 0 aliphatic heterocycles. The van der Waals surface area contributed by atoms with E-state index in [1.807, 2.05) is 12.1 Å². The quantitative estimate of drug-likeness (QED) is 0.224. The first-order chi connectivity index (χ1) is 17.8. The number of allylic oxidation sites excluding steroid dienone is 1. The molecular weight excluding hydrogens is 492 g/mol. The zero-order valence-corrected chi connectivity index (χ0v) is 20.9. The van der Waals surface area contributed by atoms with Gasteiger partial charge >= 0.3 is 11.9 Å². The molecule has 186 valence electrons. The summed E-state index contributed by atoms with van der Waals surface area (Å²) in [6, 6.07) is 17.1. The van der Waals surface area contributed by atoms with Crippen molar-refractivity contribution in [2.24, 2.45) is 0 Å². The number of ketones is 1. The van der Waals surface area contributed by atoms with Crippen LogP contribution in [0.25, 0.3) is 6.08 Å². The number of ether oxygens (including phenoxy) is 2. The predicted octanol–water partition coefficient (Wildman–Crippen LogP) is 5.10. The van der Waals surface area contributed by atoms with Gasteiger partial charge in [0.1, 0.15) is 29.4 Å². The summed E-state index contributed by atoms with van der Waals surface area (Å²) in [6.07, 6.45) is 1.25. The van der Waals surface area contributed by atoms with E-state index in [1.165, 1.54) is 18.2 Å². The van der Waals surface area contributed by atoms with E-state index >= 15 is 0 Å². The molecule has 0 saturated carbocycles. The predicted molar refractivity (Wildman–Crippen MR) is 136 cm³/mol. The summed E-state index contributed by atoms with van der Waals surface area (Å²) in [5, 5.41) is 28.2. The van der Waals surface area contributed by atoms with E-state index in [2.05, 4.69) is 0 Å². The summed E-state index contributed by atoms with van der Waals surface area (Å²) in [5.74, 6) is -1.51. The number of thiophene rings is 1. The molecule has 0 atom stereocenters. The van der Waals surface area contributed by atoms with E-state index in [0.29, 0.717) is 27.3 Å². The van der Waals surface area contributed by atoms with Gasteiger partial charge in [0.05, 0.1) is 23.3 Å². The zero-order chi connectivity index (χ0) is 26.9. The molecule has 0 saturated heterocycles. The van der Waals surface area contributed by atoms with Gasteiger partial charge in [0.25, 0.3) is 0 Å². The van der Waals surface area contributed by atoms with Crippen LogP contribution in [0, 0.1) is 29.6 Å². The summed E-state index contributed by atoms with van der Waals surface area (Å²) < 4.78 is 10.7. The largest absolute Gasteiger partial charge is 0.489 e. The van der Waals surface area contributed by atoms with Crippen molar-refractivity contribution >= 4 is 35.1 Å². The summed E-state index contributed by atoms with van der Waals surface area (Å²) in [4.78, 5) is 36.8. The number of nitriles is 2. The Kier molecular flexibility index (Phi) is 8.93. The maximum atomic E-state index is 12.9. The molecule has 2 aromatic carbocycles. The monoisotopic (exact) mass is 514 g/mol. The highest BCUT2D eigenvalue weighted by Gasteiger charge is 2.23. The van der Waals surface area contributed by atoms with E-state index in [4.69, 9.17) is 14.6 Å². The third kappa shape index (κ3) is 6.69. The van der Waals surface area contributed by atoms with Crippen molar-refractivity contribution in [1.82, 2.24) is 0 Å². The fourth-order valence-electron chi connectivity index (χ4n) is 3.44. The first kappa shape index (κ1) is 26.9. The number of carbonyl (C=O) groups is 3. The van der Waals surface area contributed by atoms with Crippen molar-refractivity contribution in [3.8, 4) is 17.9 Å². The van der Waals surface area contributed by atoms with Crippen LogP contribution in [0.3, 0.4) is 0 Å². The first-order valence-electron chi connectivity index (χ1n) is 11.2. The van der Waals surface area contributed by atoms with Crippen LogP contribution in [0.2, 0.25) is 0 Å². The van der Waals surface area contributed by atoms with Gasteiger partial charge < -0.3 is 14.6 Å². The minimum Gasteiger partial charge on any atom is -0.489 e. The second-order valence-corrected chi connectivity index (χ2v) is 8.92. The highest BCUT2D eigenvalue weighted by atomic mass is 32.1. The topological polar surface area (TPSA) is 137 Å². The van der Waals surface area contributed by atoms with Gasteiger partial charge in [-0.15, -0.1) is 11.3 Å². The Hall–Kier alpha value is -4.73. The van der Waals surface area contributed by atoms with Gasteiger partial charge in [-0.3, -0.25) is 4.79 Å². The van der Waals surface area contributed by atoms with Crippen molar-refractivity contribution in [3.63, 3.8) is 0 Å². The minimum atomic E-state index is -1.02. The van der Waals surface area contributed by atoms with E-state index in [1.54, 1.807) is 50.2 Å². The van der Waals surface area contributed by atoms with Crippen LogP contribution in [-0.4, -0.2) is 29.4 Å². The Labute approximate surface area is 217 Å². The Bertz CT molecular complexity index is 1460. The van der Waals surface area contributed by atoms with Crippen molar-refractivity contribution < 1.29 is 29.0 Å². The fourth-order valence-corrected chi connectivity index (χ4v) is 4.59. The van der Waals surface area contributed by atoms with Crippen LogP contribution in [0.15, 0.2) is 54.1 Å². The number of carboxylic acid groups (broad SMARTS) is 1. The van der Waals surface area contributed by atoms with Gasteiger partial charge in [-0.25, -0.2) is 9.59 Å². The Morgan fingerprint density at radius 1 is 1.11 bits per heavy atom. The van der Waals surface area contributed by atoms with Crippen LogP contribution in [0.1, 0.15) is 54.1 Å². The van der Waals surface area contributed by atoms with Gasteiger partial charge in [-0.2, -0.15) is 10.5 Å². The molecule has 8 nitrogen and oxygen atoms in total. The number of esters is 1. The maximum Gasteiger partial charge on any atom is 0.348 e. The summed E-state index contributed by atoms with van der Waals surface area (Å²) in [5.41, 5.74) is 2.09. The average molecular weight is 515 g/mol. The number of rotatable bonds is 10. The molecule has 9 heteroatoms. The Morgan fingerprint density at radius 2 is 1.84 bits per heavy atom. The van der Waals surface area contributed by atoms with Crippen molar-refractivity contribution in [1.29, 1.82) is 10.5 Å². The number of carbonyl (C=O) groups excluding carboxylic acids is 2. The molecule has 3 aromatic rings. The second-order valence-electron chi connectivity index (χ2n) is 7.82. The lowest BCUT2D eigenvalue weighted by Gasteiger charge is -2.07. The number of nitrogens with zero attached hydrogens (tertiary/aromatic N) is 2. The average Bonchev–Trinajstić information content (AvgIpc) is 3.21. The molecule has 1 N–H and O–H groups in total. The van der Waals surface area contributed by atoms with Gasteiger partial charge in [0.15, 0.2) is 5.78 Å². The lowest BCUT2D eigenvalue weighted by molar-refractivity contribution is -0.114.